The van der Waals surface area contributed by atoms with E-state index >= 15 is 0 Å². The lowest BCUT2D eigenvalue weighted by molar-refractivity contribution is 0.251. The molecule has 0 saturated heterocycles. The highest BCUT2D eigenvalue weighted by Crippen LogP contribution is 2.44. The fourth-order valence-corrected chi connectivity index (χ4v) is 2.99. The van der Waals surface area contributed by atoms with Gasteiger partial charge >= 0.3 is 0 Å². The first-order valence-corrected chi connectivity index (χ1v) is 7.36. The van der Waals surface area contributed by atoms with Crippen LogP contribution in [0.1, 0.15) is 50.5 Å². The fourth-order valence-electron chi connectivity index (χ4n) is 2.99. The van der Waals surface area contributed by atoms with Gasteiger partial charge in [-0.05, 0) is 31.7 Å². The molecule has 3 rings (SSSR count). The Morgan fingerprint density at radius 2 is 1.89 bits per heavy atom. The van der Waals surface area contributed by atoms with Crippen LogP contribution in [0.4, 0.5) is 0 Å². The van der Waals surface area contributed by atoms with Gasteiger partial charge in [0.2, 0.25) is 0 Å². The van der Waals surface area contributed by atoms with Crippen molar-refractivity contribution < 1.29 is 9.47 Å². The molecule has 3 heteroatoms. The molecule has 0 atom stereocenters. The number of benzene rings is 1. The normalized spacial score (nSPS) is 22.0. The molecule has 19 heavy (non-hydrogen) atoms. The van der Waals surface area contributed by atoms with Crippen molar-refractivity contribution in [2.24, 2.45) is 5.73 Å². The molecule has 0 unspecified atom stereocenters. The van der Waals surface area contributed by atoms with E-state index in [9.17, 15) is 0 Å². The summed E-state index contributed by atoms with van der Waals surface area (Å²) >= 11 is 0. The molecule has 2 N–H and O–H groups in total. The van der Waals surface area contributed by atoms with Gasteiger partial charge < -0.3 is 15.2 Å². The Balaban J connectivity index is 1.98. The van der Waals surface area contributed by atoms with Gasteiger partial charge in [-0.2, -0.15) is 0 Å². The molecule has 1 aromatic rings. The molecule has 0 aliphatic heterocycles. The summed E-state index contributed by atoms with van der Waals surface area (Å²) in [5, 5.41) is 0. The molecular formula is C16H23NO2. The van der Waals surface area contributed by atoms with Crippen LogP contribution in [0.5, 0.6) is 11.5 Å². The Morgan fingerprint density at radius 1 is 1.16 bits per heavy atom. The van der Waals surface area contributed by atoms with Crippen LogP contribution >= 0.6 is 0 Å². The summed E-state index contributed by atoms with van der Waals surface area (Å²) in [5.74, 6) is 1.71. The maximum absolute atomic E-state index is 6.67. The molecule has 0 bridgehead atoms. The van der Waals surface area contributed by atoms with E-state index in [0.717, 1.165) is 42.7 Å². The molecular weight excluding hydrogens is 238 g/mol. The van der Waals surface area contributed by atoms with Crippen molar-refractivity contribution in [1.82, 2.24) is 0 Å². The molecule has 2 fully saturated rings. The zero-order valence-corrected chi connectivity index (χ0v) is 11.7. The maximum atomic E-state index is 6.67. The lowest BCUT2D eigenvalue weighted by atomic mass is 9.77. The molecule has 0 amide bonds. The number of hydrogen-bond acceptors (Lipinski definition) is 3. The summed E-state index contributed by atoms with van der Waals surface area (Å²) in [7, 11) is 1.70. The van der Waals surface area contributed by atoms with E-state index in [4.69, 9.17) is 15.2 Å². The Hall–Kier alpha value is -1.22. The van der Waals surface area contributed by atoms with Crippen LogP contribution in [0.15, 0.2) is 18.2 Å². The van der Waals surface area contributed by atoms with Crippen molar-refractivity contribution in [2.75, 3.05) is 7.11 Å². The molecule has 104 valence electrons. The molecule has 1 aromatic carbocycles. The summed E-state index contributed by atoms with van der Waals surface area (Å²) in [6, 6.07) is 6.11. The van der Waals surface area contributed by atoms with Crippen molar-refractivity contribution in [2.45, 2.75) is 56.6 Å². The molecule has 3 nitrogen and oxygen atoms in total. The van der Waals surface area contributed by atoms with E-state index < -0.39 is 0 Å². The lowest BCUT2D eigenvalue weighted by Gasteiger charge is -2.35. The van der Waals surface area contributed by atoms with E-state index in [1.165, 1.54) is 19.3 Å². The molecule has 0 radical (unpaired) electrons. The number of hydrogen-bond donors (Lipinski definition) is 1. The van der Waals surface area contributed by atoms with Gasteiger partial charge in [0.25, 0.3) is 0 Å². The summed E-state index contributed by atoms with van der Waals surface area (Å²) < 4.78 is 11.6. The van der Waals surface area contributed by atoms with Crippen molar-refractivity contribution in [3.8, 4) is 11.5 Å². The van der Waals surface area contributed by atoms with Gasteiger partial charge in [0.1, 0.15) is 0 Å². The predicted octanol–water partition coefficient (Wildman–Crippen LogP) is 3.35. The minimum Gasteiger partial charge on any atom is -0.493 e. The van der Waals surface area contributed by atoms with Gasteiger partial charge in [-0.25, -0.2) is 0 Å². The first-order valence-electron chi connectivity index (χ1n) is 7.36. The van der Waals surface area contributed by atoms with Gasteiger partial charge in [-0.15, -0.1) is 0 Å². The average Bonchev–Trinajstić information content (AvgIpc) is 3.24. The monoisotopic (exact) mass is 261 g/mol. The van der Waals surface area contributed by atoms with Crippen LogP contribution in [0.25, 0.3) is 0 Å². The molecule has 2 saturated carbocycles. The first kappa shape index (κ1) is 12.8. The average molecular weight is 261 g/mol. The second kappa shape index (κ2) is 5.04. The van der Waals surface area contributed by atoms with E-state index in [1.807, 2.05) is 12.1 Å². The molecule has 2 aliphatic carbocycles. The van der Waals surface area contributed by atoms with E-state index in [1.54, 1.807) is 7.11 Å². The molecule has 0 heterocycles. The minimum atomic E-state index is -0.239. The number of rotatable bonds is 4. The van der Waals surface area contributed by atoms with E-state index in [2.05, 4.69) is 6.07 Å². The Labute approximate surface area is 115 Å². The van der Waals surface area contributed by atoms with E-state index in [-0.39, 0.29) is 5.54 Å². The summed E-state index contributed by atoms with van der Waals surface area (Å²) in [6.07, 6.45) is 8.45. The van der Waals surface area contributed by atoms with Crippen LogP contribution in [-0.4, -0.2) is 13.2 Å². The quantitative estimate of drug-likeness (QED) is 0.904. The zero-order valence-electron chi connectivity index (χ0n) is 11.7. The largest absolute Gasteiger partial charge is 0.493 e. The van der Waals surface area contributed by atoms with Crippen molar-refractivity contribution in [3.63, 3.8) is 0 Å². The van der Waals surface area contributed by atoms with Crippen LogP contribution in [0, 0.1) is 0 Å². The smallest absolute Gasteiger partial charge is 0.166 e. The molecule has 0 spiro atoms. The fraction of sp³-hybridized carbons (Fsp3) is 0.625. The third kappa shape index (κ3) is 2.57. The number of para-hydroxylation sites is 1. The van der Waals surface area contributed by atoms with Gasteiger partial charge in [0.05, 0.1) is 13.2 Å². The number of nitrogens with two attached hydrogens (primary N) is 1. The second-order valence-corrected chi connectivity index (χ2v) is 5.87. The Morgan fingerprint density at radius 3 is 2.53 bits per heavy atom. The van der Waals surface area contributed by atoms with Gasteiger partial charge in [-0.1, -0.05) is 31.4 Å². The van der Waals surface area contributed by atoms with Crippen molar-refractivity contribution >= 4 is 0 Å². The molecule has 0 aromatic heterocycles. The second-order valence-electron chi connectivity index (χ2n) is 5.87. The van der Waals surface area contributed by atoms with Crippen LogP contribution in [0.3, 0.4) is 0 Å². The third-order valence-corrected chi connectivity index (χ3v) is 4.29. The third-order valence-electron chi connectivity index (χ3n) is 4.29. The highest BCUT2D eigenvalue weighted by atomic mass is 16.5. The van der Waals surface area contributed by atoms with Crippen LogP contribution in [0.2, 0.25) is 0 Å². The van der Waals surface area contributed by atoms with Gasteiger partial charge in [-0.3, -0.25) is 0 Å². The summed E-state index contributed by atoms with van der Waals surface area (Å²) in [5.41, 5.74) is 7.56. The topological polar surface area (TPSA) is 44.5 Å². The van der Waals surface area contributed by atoms with Gasteiger partial charge in [0.15, 0.2) is 11.5 Å². The standard InChI is InChI=1S/C16H23NO2/c1-18-14-7-5-6-13(15(14)19-12-8-9-12)16(17)10-3-2-4-11-16/h5-7,12H,2-4,8-11,17H2,1H3. The van der Waals surface area contributed by atoms with Crippen molar-refractivity contribution in [3.05, 3.63) is 23.8 Å². The SMILES string of the molecule is COc1cccc(C2(N)CCCCC2)c1OC1CC1. The van der Waals surface area contributed by atoms with Crippen LogP contribution in [-0.2, 0) is 5.54 Å². The Bertz CT molecular complexity index is 448. The highest BCUT2D eigenvalue weighted by molar-refractivity contribution is 5.50. The van der Waals surface area contributed by atoms with Gasteiger partial charge in [0, 0.05) is 11.1 Å². The predicted molar refractivity (Wildman–Crippen MR) is 75.6 cm³/mol. The highest BCUT2D eigenvalue weighted by Gasteiger charge is 2.35. The number of methoxy groups -OCH3 is 1. The minimum absolute atomic E-state index is 0.239. The number of ether oxygens (including phenoxy) is 2. The maximum Gasteiger partial charge on any atom is 0.166 e. The van der Waals surface area contributed by atoms with E-state index in [0.29, 0.717) is 6.10 Å². The molecule has 2 aliphatic rings. The lowest BCUT2D eigenvalue weighted by Crippen LogP contribution is -2.39. The zero-order chi connectivity index (χ0) is 13.3. The summed E-state index contributed by atoms with van der Waals surface area (Å²) in [4.78, 5) is 0. The Kier molecular flexibility index (Phi) is 3.40. The first-order chi connectivity index (χ1) is 9.23. The van der Waals surface area contributed by atoms with Crippen LogP contribution < -0.4 is 15.2 Å². The van der Waals surface area contributed by atoms with Crippen molar-refractivity contribution in [1.29, 1.82) is 0 Å². The summed E-state index contributed by atoms with van der Waals surface area (Å²) in [6.45, 7) is 0.